The smallest absolute Gasteiger partial charge is 0.220 e. The van der Waals surface area contributed by atoms with E-state index in [1.165, 1.54) is 51.4 Å². The van der Waals surface area contributed by atoms with Gasteiger partial charge in [-0.15, -0.1) is 0 Å². The van der Waals surface area contributed by atoms with Crippen LogP contribution >= 0.6 is 22.6 Å². The van der Waals surface area contributed by atoms with Gasteiger partial charge in [-0.2, -0.15) is 9.61 Å². The third kappa shape index (κ3) is 7.39. The Morgan fingerprint density at radius 2 is 1.80 bits per heavy atom. The molecular weight excluding hydrogens is 489 g/mol. The highest BCUT2D eigenvalue weighted by Gasteiger charge is 2.26. The summed E-state index contributed by atoms with van der Waals surface area (Å²) in [5.41, 5.74) is 0.855. The Balaban J connectivity index is 1.30. The van der Waals surface area contributed by atoms with Gasteiger partial charge in [0.05, 0.1) is 6.20 Å². The van der Waals surface area contributed by atoms with Crippen LogP contribution in [0.3, 0.4) is 0 Å². The maximum Gasteiger partial charge on any atom is 0.220 e. The summed E-state index contributed by atoms with van der Waals surface area (Å²) in [5, 5.41) is 11.2. The highest BCUT2D eigenvalue weighted by atomic mass is 127. The molecule has 1 amide bonds. The molecule has 0 bridgehead atoms. The minimum absolute atomic E-state index is 0.219. The van der Waals surface area contributed by atoms with Crippen molar-refractivity contribution in [2.24, 2.45) is 0 Å². The zero-order chi connectivity index (χ0) is 21.2. The van der Waals surface area contributed by atoms with Gasteiger partial charge >= 0.3 is 0 Å². The average Bonchev–Trinajstić information content (AvgIpc) is 3.36. The minimum Gasteiger partial charge on any atom is -0.367 e. The highest BCUT2D eigenvalue weighted by Crippen LogP contribution is 2.24. The topological polar surface area (TPSA) is 71.3 Å². The lowest BCUT2D eigenvalue weighted by molar-refractivity contribution is -0.121. The van der Waals surface area contributed by atoms with E-state index in [-0.39, 0.29) is 11.9 Å². The molecule has 0 aliphatic heterocycles. The molecule has 0 spiro atoms. The van der Waals surface area contributed by atoms with E-state index in [9.17, 15) is 4.79 Å². The highest BCUT2D eigenvalue weighted by molar-refractivity contribution is 14.1. The number of amides is 1. The maximum absolute atomic E-state index is 12.3. The van der Waals surface area contributed by atoms with Crippen molar-refractivity contribution in [3.8, 4) is 0 Å². The van der Waals surface area contributed by atoms with Crippen LogP contribution < -0.4 is 10.6 Å². The first-order valence-corrected chi connectivity index (χ1v) is 12.8. The molecule has 0 radical (unpaired) electrons. The number of hydrogen-bond donors (Lipinski definition) is 2. The normalized spacial score (nSPS) is 18.7. The van der Waals surface area contributed by atoms with E-state index in [0.29, 0.717) is 12.5 Å². The van der Waals surface area contributed by atoms with Crippen LogP contribution in [0, 0.1) is 3.70 Å². The van der Waals surface area contributed by atoms with E-state index < -0.39 is 0 Å². The van der Waals surface area contributed by atoms with Crippen molar-refractivity contribution in [1.29, 1.82) is 0 Å². The molecule has 1 aliphatic rings. The molecule has 2 aromatic heterocycles. The Hall–Kier alpha value is -1.38. The lowest BCUT2D eigenvalue weighted by Gasteiger charge is -2.16. The molecule has 6 nitrogen and oxygen atoms in total. The molecule has 7 heteroatoms. The van der Waals surface area contributed by atoms with Crippen LogP contribution in [0.5, 0.6) is 0 Å². The van der Waals surface area contributed by atoms with Crippen LogP contribution in [-0.2, 0) is 4.79 Å². The van der Waals surface area contributed by atoms with Crippen molar-refractivity contribution >= 4 is 40.0 Å². The van der Waals surface area contributed by atoms with E-state index >= 15 is 0 Å². The molecule has 0 aromatic carbocycles. The summed E-state index contributed by atoms with van der Waals surface area (Å²) in [4.78, 5) is 16.8. The van der Waals surface area contributed by atoms with Crippen LogP contribution in [0.15, 0.2) is 18.3 Å². The molecule has 0 saturated heterocycles. The van der Waals surface area contributed by atoms with Crippen LogP contribution in [0.25, 0.3) is 5.65 Å². The number of hydrogen-bond acceptors (Lipinski definition) is 4. The second kappa shape index (κ2) is 12.5. The average molecular weight is 525 g/mol. The summed E-state index contributed by atoms with van der Waals surface area (Å²) in [5.74, 6) is 1.19. The first kappa shape index (κ1) is 23.3. The van der Waals surface area contributed by atoms with Crippen molar-refractivity contribution in [1.82, 2.24) is 19.9 Å². The van der Waals surface area contributed by atoms with E-state index in [2.05, 4.69) is 50.2 Å². The van der Waals surface area contributed by atoms with E-state index in [1.807, 2.05) is 16.6 Å². The number of fused-ring (bicyclic) bond motifs is 1. The molecule has 2 atom stereocenters. The van der Waals surface area contributed by atoms with Gasteiger partial charge in [-0.1, -0.05) is 58.3 Å². The van der Waals surface area contributed by atoms with Gasteiger partial charge in [0.15, 0.2) is 5.65 Å². The van der Waals surface area contributed by atoms with Crippen LogP contribution in [0.1, 0.15) is 90.4 Å². The van der Waals surface area contributed by atoms with Gasteiger partial charge in [0.25, 0.3) is 0 Å². The lowest BCUT2D eigenvalue weighted by atomic mass is 10.1. The number of unbranched alkanes of at least 4 members (excludes halogenated alkanes) is 8. The molecule has 30 heavy (non-hydrogen) atoms. The molecular formula is C23H36IN5O. The van der Waals surface area contributed by atoms with Gasteiger partial charge in [0.2, 0.25) is 5.91 Å². The SMILES string of the molecule is CCCCCCCCCCCC(=O)N[C@@H]1CC[C@@H](Nc2cc(I)nc3ccnn23)C1. The molecule has 3 rings (SSSR count). The predicted octanol–water partition coefficient (Wildman–Crippen LogP) is 5.70. The Morgan fingerprint density at radius 3 is 2.57 bits per heavy atom. The molecule has 1 saturated carbocycles. The van der Waals surface area contributed by atoms with Gasteiger partial charge in [0, 0.05) is 30.6 Å². The summed E-state index contributed by atoms with van der Waals surface area (Å²) in [6.45, 7) is 2.26. The molecule has 2 N–H and O–H groups in total. The second-order valence-electron chi connectivity index (χ2n) is 8.56. The predicted molar refractivity (Wildman–Crippen MR) is 131 cm³/mol. The Kier molecular flexibility index (Phi) is 9.68. The van der Waals surface area contributed by atoms with Gasteiger partial charge in [-0.25, -0.2) is 4.98 Å². The fourth-order valence-corrected chi connectivity index (χ4v) is 4.88. The van der Waals surface area contributed by atoms with Gasteiger partial charge in [-0.05, 0) is 48.3 Å². The zero-order valence-electron chi connectivity index (χ0n) is 18.2. The van der Waals surface area contributed by atoms with Gasteiger partial charge < -0.3 is 10.6 Å². The maximum atomic E-state index is 12.3. The molecule has 2 heterocycles. The summed E-state index contributed by atoms with van der Waals surface area (Å²) in [6.07, 6.45) is 17.1. The van der Waals surface area contributed by atoms with Crippen molar-refractivity contribution in [3.05, 3.63) is 22.0 Å². The number of carbonyl (C=O) groups excluding carboxylic acids is 1. The fraction of sp³-hybridized carbons (Fsp3) is 0.696. The summed E-state index contributed by atoms with van der Waals surface area (Å²) in [6, 6.07) is 4.57. The zero-order valence-corrected chi connectivity index (χ0v) is 20.4. The third-order valence-corrected chi connectivity index (χ3v) is 6.54. The number of anilines is 1. The summed E-state index contributed by atoms with van der Waals surface area (Å²) in [7, 11) is 0. The van der Waals surface area contributed by atoms with Gasteiger partial charge in [0.1, 0.15) is 9.52 Å². The molecule has 2 aromatic rings. The van der Waals surface area contributed by atoms with E-state index in [4.69, 9.17) is 0 Å². The third-order valence-electron chi connectivity index (χ3n) is 5.99. The van der Waals surface area contributed by atoms with Crippen molar-refractivity contribution < 1.29 is 4.79 Å². The standard InChI is InChI=1S/C23H36IN5O/c1-2-3-4-5-6-7-8-9-10-11-23(30)27-19-13-12-18(16-19)26-22-17-20(24)28-21-14-15-25-29(21)22/h14-15,17-19,26H,2-13,16H2,1H3,(H,27,30)/t18-,19-/m1/s1. The largest absolute Gasteiger partial charge is 0.367 e. The number of halogens is 1. The van der Waals surface area contributed by atoms with Crippen LogP contribution in [0.4, 0.5) is 5.82 Å². The van der Waals surface area contributed by atoms with Crippen molar-refractivity contribution in [2.45, 2.75) is 102 Å². The number of nitrogens with one attached hydrogen (secondary N) is 2. The van der Waals surface area contributed by atoms with E-state index in [0.717, 1.165) is 40.8 Å². The number of rotatable bonds is 13. The monoisotopic (exact) mass is 525 g/mol. The minimum atomic E-state index is 0.219. The molecule has 1 aliphatic carbocycles. The Labute approximate surface area is 194 Å². The summed E-state index contributed by atoms with van der Waals surface area (Å²) < 4.78 is 2.80. The first-order valence-electron chi connectivity index (χ1n) is 11.7. The molecule has 1 fully saturated rings. The van der Waals surface area contributed by atoms with Crippen molar-refractivity contribution in [3.63, 3.8) is 0 Å². The Morgan fingerprint density at radius 1 is 1.10 bits per heavy atom. The second-order valence-corrected chi connectivity index (χ2v) is 9.67. The number of aromatic nitrogens is 3. The fourth-order valence-electron chi connectivity index (χ4n) is 4.33. The van der Waals surface area contributed by atoms with Crippen LogP contribution in [-0.4, -0.2) is 32.6 Å². The summed E-state index contributed by atoms with van der Waals surface area (Å²) >= 11 is 2.24. The number of nitrogens with zero attached hydrogens (tertiary/aromatic N) is 3. The van der Waals surface area contributed by atoms with Gasteiger partial charge in [-0.3, -0.25) is 4.79 Å². The van der Waals surface area contributed by atoms with Crippen molar-refractivity contribution in [2.75, 3.05) is 5.32 Å². The van der Waals surface area contributed by atoms with E-state index in [1.54, 1.807) is 6.20 Å². The quantitative estimate of drug-likeness (QED) is 0.200. The van der Waals surface area contributed by atoms with Crippen LogP contribution in [0.2, 0.25) is 0 Å². The molecule has 166 valence electrons. The lowest BCUT2D eigenvalue weighted by Crippen LogP contribution is -2.33. The molecule has 0 unspecified atom stereocenters. The number of carbonyl (C=O) groups is 1. The first-order chi connectivity index (χ1) is 14.7. The Bertz CT molecular complexity index is 793.